The van der Waals surface area contributed by atoms with E-state index in [4.69, 9.17) is 16.0 Å². The van der Waals surface area contributed by atoms with Gasteiger partial charge in [-0.3, -0.25) is 0 Å². The first-order valence-electron chi connectivity index (χ1n) is 6.53. The number of benzene rings is 1. The molecule has 1 aromatic rings. The summed E-state index contributed by atoms with van der Waals surface area (Å²) in [6, 6.07) is 7.67. The summed E-state index contributed by atoms with van der Waals surface area (Å²) in [7, 11) is 2.08. The lowest BCUT2D eigenvalue weighted by Gasteiger charge is -2.16. The molecule has 0 aliphatic rings. The number of hydrogen-bond donors (Lipinski definition) is 3. The topological polar surface area (TPSA) is 82.1 Å². The van der Waals surface area contributed by atoms with Crippen molar-refractivity contribution in [2.75, 3.05) is 20.2 Å². The second kappa shape index (κ2) is 8.50. The van der Waals surface area contributed by atoms with Crippen molar-refractivity contribution in [3.05, 3.63) is 35.4 Å². The fourth-order valence-electron chi connectivity index (χ4n) is 1.90. The summed E-state index contributed by atoms with van der Waals surface area (Å²) >= 11 is 0. The molecule has 106 valence electrons. The number of nitrogens with two attached hydrogens (primary N) is 1. The average Bonchev–Trinajstić information content (AvgIpc) is 2.43. The molecule has 0 bridgehead atoms. The lowest BCUT2D eigenvalue weighted by molar-refractivity contribution is 0.271. The molecule has 0 saturated carbocycles. The Morgan fingerprint density at radius 2 is 1.89 bits per heavy atom. The van der Waals surface area contributed by atoms with Crippen LogP contribution >= 0.6 is 0 Å². The van der Waals surface area contributed by atoms with E-state index in [1.165, 1.54) is 5.56 Å². The van der Waals surface area contributed by atoms with Gasteiger partial charge in [-0.2, -0.15) is 0 Å². The Hall–Kier alpha value is -1.59. The van der Waals surface area contributed by atoms with Gasteiger partial charge in [0.25, 0.3) is 0 Å². The molecule has 0 unspecified atom stereocenters. The Kier molecular flexibility index (Phi) is 6.92. The van der Waals surface area contributed by atoms with Gasteiger partial charge in [-0.1, -0.05) is 29.4 Å². The largest absolute Gasteiger partial charge is 0.409 e. The van der Waals surface area contributed by atoms with Crippen LogP contribution in [0.15, 0.2) is 29.4 Å². The van der Waals surface area contributed by atoms with Crippen molar-refractivity contribution in [1.82, 2.24) is 4.90 Å². The minimum absolute atomic E-state index is 0.129. The van der Waals surface area contributed by atoms with Gasteiger partial charge in [-0.05, 0) is 38.4 Å². The maximum absolute atomic E-state index is 8.71. The first kappa shape index (κ1) is 15.5. The molecular weight excluding hydrogens is 242 g/mol. The van der Waals surface area contributed by atoms with Crippen LogP contribution in [0.25, 0.3) is 0 Å². The lowest BCUT2D eigenvalue weighted by atomic mass is 10.1. The quantitative estimate of drug-likeness (QED) is 0.218. The zero-order valence-corrected chi connectivity index (χ0v) is 11.4. The van der Waals surface area contributed by atoms with Gasteiger partial charge in [0.05, 0.1) is 0 Å². The van der Waals surface area contributed by atoms with Crippen LogP contribution < -0.4 is 5.73 Å². The zero-order chi connectivity index (χ0) is 14.1. The molecule has 0 atom stereocenters. The van der Waals surface area contributed by atoms with E-state index in [-0.39, 0.29) is 12.4 Å². The Labute approximate surface area is 114 Å². The average molecular weight is 265 g/mol. The van der Waals surface area contributed by atoms with Crippen molar-refractivity contribution in [1.29, 1.82) is 0 Å². The predicted octanol–water partition coefficient (Wildman–Crippen LogP) is 1.38. The van der Waals surface area contributed by atoms with Crippen molar-refractivity contribution in [2.45, 2.75) is 25.8 Å². The molecule has 0 radical (unpaired) electrons. The molecule has 5 heteroatoms. The highest BCUT2D eigenvalue weighted by Gasteiger charge is 2.02. The second-order valence-corrected chi connectivity index (χ2v) is 4.70. The normalized spacial score (nSPS) is 12.1. The number of oxime groups is 1. The summed E-state index contributed by atoms with van der Waals surface area (Å²) in [6.45, 7) is 2.16. The van der Waals surface area contributed by atoms with Crippen LogP contribution in [0.2, 0.25) is 0 Å². The number of aliphatic hydroxyl groups excluding tert-OH is 1. The summed E-state index contributed by atoms with van der Waals surface area (Å²) in [5, 5.41) is 20.3. The van der Waals surface area contributed by atoms with Crippen LogP contribution in [0.5, 0.6) is 0 Å². The number of nitrogens with zero attached hydrogens (tertiary/aromatic N) is 2. The zero-order valence-electron chi connectivity index (χ0n) is 11.4. The monoisotopic (exact) mass is 265 g/mol. The second-order valence-electron chi connectivity index (χ2n) is 4.70. The molecule has 4 N–H and O–H groups in total. The van der Waals surface area contributed by atoms with Gasteiger partial charge in [0.1, 0.15) is 0 Å². The van der Waals surface area contributed by atoms with Gasteiger partial charge in [-0.25, -0.2) is 0 Å². The van der Waals surface area contributed by atoms with Crippen molar-refractivity contribution in [2.24, 2.45) is 10.9 Å². The minimum atomic E-state index is 0.129. The van der Waals surface area contributed by atoms with Gasteiger partial charge < -0.3 is 20.9 Å². The number of rotatable bonds is 8. The third-order valence-corrected chi connectivity index (χ3v) is 3.01. The molecule has 0 aliphatic heterocycles. The smallest absolute Gasteiger partial charge is 0.170 e. The molecule has 1 rings (SSSR count). The fourth-order valence-corrected chi connectivity index (χ4v) is 1.90. The standard InChI is InChI=1S/C14H23N3O2/c1-17(9-3-2-4-10-18)11-12-5-7-13(8-6-12)14(15)16-19/h5-8,18-19H,2-4,9-11H2,1H3,(H2,15,16). The van der Waals surface area contributed by atoms with E-state index >= 15 is 0 Å². The molecule has 5 nitrogen and oxygen atoms in total. The predicted molar refractivity (Wildman–Crippen MR) is 76.2 cm³/mol. The van der Waals surface area contributed by atoms with Crippen molar-refractivity contribution < 1.29 is 10.3 Å². The highest BCUT2D eigenvalue weighted by molar-refractivity contribution is 5.96. The van der Waals surface area contributed by atoms with E-state index in [2.05, 4.69) is 17.1 Å². The first-order chi connectivity index (χ1) is 9.17. The SMILES string of the molecule is CN(CCCCCO)Cc1ccc(/C(N)=N/O)cc1. The van der Waals surface area contributed by atoms with Crippen LogP contribution in [-0.2, 0) is 6.54 Å². The summed E-state index contributed by atoms with van der Waals surface area (Å²) < 4.78 is 0. The minimum Gasteiger partial charge on any atom is -0.409 e. The molecule has 0 heterocycles. The van der Waals surface area contributed by atoms with Crippen molar-refractivity contribution >= 4 is 5.84 Å². The fraction of sp³-hybridized carbons (Fsp3) is 0.500. The molecule has 0 aliphatic carbocycles. The van der Waals surface area contributed by atoms with Crippen molar-refractivity contribution in [3.8, 4) is 0 Å². The molecule has 0 amide bonds. The molecule has 0 saturated heterocycles. The third-order valence-electron chi connectivity index (χ3n) is 3.01. The van der Waals surface area contributed by atoms with E-state index in [0.717, 1.165) is 37.9 Å². The Balaban J connectivity index is 2.40. The maximum Gasteiger partial charge on any atom is 0.170 e. The summed E-state index contributed by atoms with van der Waals surface area (Å²) in [6.07, 6.45) is 3.03. The molecule has 0 spiro atoms. The van der Waals surface area contributed by atoms with Gasteiger partial charge >= 0.3 is 0 Å². The van der Waals surface area contributed by atoms with Gasteiger partial charge in [0.15, 0.2) is 5.84 Å². The number of amidine groups is 1. The molecule has 0 fully saturated rings. The highest BCUT2D eigenvalue weighted by atomic mass is 16.4. The van der Waals surface area contributed by atoms with Crippen LogP contribution in [0.3, 0.4) is 0 Å². The third kappa shape index (κ3) is 5.72. The molecule has 0 aromatic heterocycles. The van der Waals surface area contributed by atoms with Gasteiger partial charge in [-0.15, -0.1) is 0 Å². The van der Waals surface area contributed by atoms with Crippen molar-refractivity contribution in [3.63, 3.8) is 0 Å². The summed E-state index contributed by atoms with van der Waals surface area (Å²) in [4.78, 5) is 2.25. The van der Waals surface area contributed by atoms with Crippen LogP contribution in [0.4, 0.5) is 0 Å². The van der Waals surface area contributed by atoms with E-state index in [0.29, 0.717) is 0 Å². The molecule has 19 heavy (non-hydrogen) atoms. The van der Waals surface area contributed by atoms with Crippen LogP contribution in [0.1, 0.15) is 30.4 Å². The Bertz CT molecular complexity index is 390. The maximum atomic E-state index is 8.71. The van der Waals surface area contributed by atoms with Gasteiger partial charge in [0, 0.05) is 18.7 Å². The number of unbranched alkanes of at least 4 members (excludes halogenated alkanes) is 2. The lowest BCUT2D eigenvalue weighted by Crippen LogP contribution is -2.19. The number of hydrogen-bond acceptors (Lipinski definition) is 4. The summed E-state index contributed by atoms with van der Waals surface area (Å²) in [5.74, 6) is 0.129. The molecule has 1 aromatic carbocycles. The van der Waals surface area contributed by atoms with E-state index < -0.39 is 0 Å². The van der Waals surface area contributed by atoms with Crippen LogP contribution in [-0.4, -0.2) is 41.2 Å². The Morgan fingerprint density at radius 1 is 1.21 bits per heavy atom. The van der Waals surface area contributed by atoms with E-state index in [1.807, 2.05) is 24.3 Å². The highest BCUT2D eigenvalue weighted by Crippen LogP contribution is 2.07. The van der Waals surface area contributed by atoms with Gasteiger partial charge in [0.2, 0.25) is 0 Å². The van der Waals surface area contributed by atoms with Crippen LogP contribution in [0, 0.1) is 0 Å². The first-order valence-corrected chi connectivity index (χ1v) is 6.53. The Morgan fingerprint density at radius 3 is 2.47 bits per heavy atom. The van der Waals surface area contributed by atoms with E-state index in [9.17, 15) is 0 Å². The van der Waals surface area contributed by atoms with E-state index in [1.54, 1.807) is 0 Å². The molecular formula is C14H23N3O2. The number of aliphatic hydroxyl groups is 1. The summed E-state index contributed by atoms with van der Waals surface area (Å²) in [5.41, 5.74) is 7.42.